The highest BCUT2D eigenvalue weighted by atomic mass is 19.2. The Hall–Kier alpha value is -2.92. The van der Waals surface area contributed by atoms with Gasteiger partial charge in [0, 0.05) is 7.11 Å². The lowest BCUT2D eigenvalue weighted by atomic mass is 9.84. The Labute approximate surface area is 130 Å². The number of benzene rings is 1. The molecule has 8 heteroatoms. The highest BCUT2D eigenvalue weighted by molar-refractivity contribution is 5.55. The Balaban J connectivity index is 2.21. The molecule has 0 spiro atoms. The van der Waals surface area contributed by atoms with Gasteiger partial charge in [-0.3, -0.25) is 5.10 Å². The molecule has 0 fully saturated rings. The van der Waals surface area contributed by atoms with Crippen LogP contribution in [0, 0.1) is 23.0 Å². The number of nitriles is 1. The highest BCUT2D eigenvalue weighted by Crippen LogP contribution is 2.43. The van der Waals surface area contributed by atoms with Gasteiger partial charge >= 0.3 is 0 Å². The summed E-state index contributed by atoms with van der Waals surface area (Å²) in [6.07, 6.45) is 0. The van der Waals surface area contributed by atoms with Crippen molar-refractivity contribution in [2.75, 3.05) is 7.11 Å². The molecule has 3 rings (SSSR count). The summed E-state index contributed by atoms with van der Waals surface area (Å²) in [6, 6.07) is 5.39. The lowest BCUT2D eigenvalue weighted by Gasteiger charge is -2.24. The molecule has 1 aliphatic rings. The molecule has 2 heterocycles. The van der Waals surface area contributed by atoms with Crippen LogP contribution in [-0.4, -0.2) is 17.3 Å². The van der Waals surface area contributed by atoms with Crippen LogP contribution in [0.3, 0.4) is 0 Å². The third kappa shape index (κ3) is 2.41. The first-order chi connectivity index (χ1) is 11.1. The third-order valence-electron chi connectivity index (χ3n) is 3.58. The molecule has 0 saturated carbocycles. The van der Waals surface area contributed by atoms with Crippen LogP contribution in [0.5, 0.6) is 5.88 Å². The number of hydrogen-bond donors (Lipinski definition) is 2. The van der Waals surface area contributed by atoms with Gasteiger partial charge < -0.3 is 15.2 Å². The predicted molar refractivity (Wildman–Crippen MR) is 75.0 cm³/mol. The second-order valence-corrected chi connectivity index (χ2v) is 4.95. The number of nitrogens with zero attached hydrogens (tertiary/aromatic N) is 2. The molecule has 0 amide bonds. The maximum atomic E-state index is 13.6. The summed E-state index contributed by atoms with van der Waals surface area (Å²) in [5.74, 6) is -2.64. The van der Waals surface area contributed by atoms with E-state index in [0.29, 0.717) is 16.8 Å². The Kier molecular flexibility index (Phi) is 3.72. The number of methoxy groups -OCH3 is 1. The van der Waals surface area contributed by atoms with Gasteiger partial charge in [-0.15, -0.1) is 5.10 Å². The van der Waals surface area contributed by atoms with Crippen LogP contribution in [0.25, 0.3) is 0 Å². The topological polar surface area (TPSA) is 97.0 Å². The van der Waals surface area contributed by atoms with E-state index >= 15 is 0 Å². The summed E-state index contributed by atoms with van der Waals surface area (Å²) in [5, 5.41) is 16.1. The van der Waals surface area contributed by atoms with Crippen LogP contribution >= 0.6 is 0 Å². The van der Waals surface area contributed by atoms with Gasteiger partial charge in [-0.25, -0.2) is 8.78 Å². The van der Waals surface area contributed by atoms with Crippen molar-refractivity contribution in [2.45, 2.75) is 12.5 Å². The van der Waals surface area contributed by atoms with Gasteiger partial charge in [0.2, 0.25) is 11.8 Å². The first-order valence-corrected chi connectivity index (χ1v) is 6.65. The lowest BCUT2D eigenvalue weighted by molar-refractivity contribution is 0.180. The number of aromatic amines is 1. The van der Waals surface area contributed by atoms with Gasteiger partial charge in [-0.2, -0.15) is 5.26 Å². The molecule has 6 nitrogen and oxygen atoms in total. The Morgan fingerprint density at radius 3 is 2.87 bits per heavy atom. The number of halogens is 2. The minimum atomic E-state index is -1.01. The van der Waals surface area contributed by atoms with Crippen LogP contribution in [0.1, 0.15) is 22.7 Å². The summed E-state index contributed by atoms with van der Waals surface area (Å²) in [5.41, 5.74) is 7.32. The number of hydrogen-bond acceptors (Lipinski definition) is 5. The SMILES string of the molecule is COCc1[nH]nc2c1C(c1ccc(F)c(F)c1)C(C#N)=C(N)O2. The van der Waals surface area contributed by atoms with E-state index in [4.69, 9.17) is 15.2 Å². The van der Waals surface area contributed by atoms with Crippen molar-refractivity contribution in [3.05, 3.63) is 58.1 Å². The molecule has 0 bridgehead atoms. The maximum absolute atomic E-state index is 13.6. The number of rotatable bonds is 3. The van der Waals surface area contributed by atoms with Crippen molar-refractivity contribution in [2.24, 2.45) is 5.73 Å². The van der Waals surface area contributed by atoms with Crippen LogP contribution < -0.4 is 10.5 Å². The second kappa shape index (κ2) is 5.70. The Bertz CT molecular complexity index is 838. The molecular formula is C15H12F2N4O2. The van der Waals surface area contributed by atoms with E-state index in [2.05, 4.69) is 10.2 Å². The number of ether oxygens (including phenoxy) is 2. The third-order valence-corrected chi connectivity index (χ3v) is 3.58. The summed E-state index contributed by atoms with van der Waals surface area (Å²) in [4.78, 5) is 0. The molecule has 1 aromatic carbocycles. The molecule has 1 aliphatic heterocycles. The van der Waals surface area contributed by atoms with E-state index in [9.17, 15) is 14.0 Å². The molecule has 3 N–H and O–H groups in total. The van der Waals surface area contributed by atoms with E-state index in [0.717, 1.165) is 12.1 Å². The smallest absolute Gasteiger partial charge is 0.244 e. The fourth-order valence-corrected chi connectivity index (χ4v) is 2.59. The van der Waals surface area contributed by atoms with Gasteiger partial charge in [-0.05, 0) is 17.7 Å². The average molecular weight is 318 g/mol. The molecular weight excluding hydrogens is 306 g/mol. The number of nitrogens with two attached hydrogens (primary N) is 1. The molecule has 1 atom stereocenters. The first kappa shape index (κ1) is 15.0. The van der Waals surface area contributed by atoms with E-state index < -0.39 is 17.6 Å². The fraction of sp³-hybridized carbons (Fsp3) is 0.200. The van der Waals surface area contributed by atoms with Crippen LogP contribution in [0.2, 0.25) is 0 Å². The summed E-state index contributed by atoms with van der Waals surface area (Å²) in [7, 11) is 1.50. The Morgan fingerprint density at radius 2 is 2.22 bits per heavy atom. The number of fused-ring (bicyclic) bond motifs is 1. The minimum Gasteiger partial charge on any atom is -0.420 e. The van der Waals surface area contributed by atoms with E-state index in [1.54, 1.807) is 0 Å². The van der Waals surface area contributed by atoms with Crippen molar-refractivity contribution >= 4 is 0 Å². The van der Waals surface area contributed by atoms with Gasteiger partial charge in [0.05, 0.1) is 23.8 Å². The predicted octanol–water partition coefficient (Wildman–Crippen LogP) is 2.05. The molecule has 118 valence electrons. The monoisotopic (exact) mass is 318 g/mol. The lowest BCUT2D eigenvalue weighted by Crippen LogP contribution is -2.21. The van der Waals surface area contributed by atoms with E-state index in [-0.39, 0.29) is 23.9 Å². The largest absolute Gasteiger partial charge is 0.420 e. The van der Waals surface area contributed by atoms with Gasteiger partial charge in [0.15, 0.2) is 11.6 Å². The highest BCUT2D eigenvalue weighted by Gasteiger charge is 2.35. The number of nitrogens with one attached hydrogen (secondary N) is 1. The second-order valence-electron chi connectivity index (χ2n) is 4.95. The van der Waals surface area contributed by atoms with Crippen LogP contribution in [0.4, 0.5) is 8.78 Å². The Morgan fingerprint density at radius 1 is 1.43 bits per heavy atom. The molecule has 2 aromatic rings. The minimum absolute atomic E-state index is 0.0993. The summed E-state index contributed by atoms with van der Waals surface area (Å²) in [6.45, 7) is 0.185. The van der Waals surface area contributed by atoms with E-state index in [1.165, 1.54) is 13.2 Å². The van der Waals surface area contributed by atoms with Crippen molar-refractivity contribution in [1.82, 2.24) is 10.2 Å². The first-order valence-electron chi connectivity index (χ1n) is 6.65. The van der Waals surface area contributed by atoms with Gasteiger partial charge in [0.25, 0.3) is 0 Å². The quantitative estimate of drug-likeness (QED) is 0.903. The standard InChI is InChI=1S/C15H12F2N4O2/c1-22-6-11-13-12(7-2-3-9(16)10(17)4-7)8(5-18)14(19)23-15(13)21-20-11/h2-4,12H,6,19H2,1H3,(H,20,21). The summed E-state index contributed by atoms with van der Waals surface area (Å²) >= 11 is 0. The fourth-order valence-electron chi connectivity index (χ4n) is 2.59. The normalized spacial score (nSPS) is 16.7. The number of aromatic nitrogens is 2. The van der Waals surface area contributed by atoms with Crippen LogP contribution in [0.15, 0.2) is 29.7 Å². The molecule has 0 saturated heterocycles. The molecule has 23 heavy (non-hydrogen) atoms. The van der Waals surface area contributed by atoms with E-state index in [1.807, 2.05) is 6.07 Å². The number of H-pyrrole nitrogens is 1. The van der Waals surface area contributed by atoms with Crippen molar-refractivity contribution in [3.63, 3.8) is 0 Å². The van der Waals surface area contributed by atoms with Crippen molar-refractivity contribution in [3.8, 4) is 11.9 Å². The maximum Gasteiger partial charge on any atom is 0.244 e. The zero-order chi connectivity index (χ0) is 16.6. The zero-order valence-corrected chi connectivity index (χ0v) is 12.1. The summed E-state index contributed by atoms with van der Waals surface area (Å²) < 4.78 is 37.3. The van der Waals surface area contributed by atoms with Gasteiger partial charge in [0.1, 0.15) is 11.6 Å². The molecule has 0 aliphatic carbocycles. The van der Waals surface area contributed by atoms with Gasteiger partial charge in [-0.1, -0.05) is 6.07 Å². The molecule has 1 aromatic heterocycles. The average Bonchev–Trinajstić information content (AvgIpc) is 2.91. The molecule has 1 unspecified atom stereocenters. The number of allylic oxidation sites excluding steroid dienone is 1. The zero-order valence-electron chi connectivity index (χ0n) is 12.1. The van der Waals surface area contributed by atoms with Crippen LogP contribution in [-0.2, 0) is 11.3 Å². The van der Waals surface area contributed by atoms with Crippen molar-refractivity contribution in [1.29, 1.82) is 5.26 Å². The van der Waals surface area contributed by atoms with Crippen molar-refractivity contribution < 1.29 is 18.3 Å². The molecule has 0 radical (unpaired) electrons.